The third kappa shape index (κ3) is 96.3. The molecule has 0 saturated carbocycles. The summed E-state index contributed by atoms with van der Waals surface area (Å²) < 4.78 is 0. The smallest absolute Gasteiger partial charge is 1.00 e. The normalized spacial score (nSPS) is 8.57. The van der Waals surface area contributed by atoms with Crippen LogP contribution in [0.15, 0.2) is 0 Å². The van der Waals surface area contributed by atoms with Crippen molar-refractivity contribution in [1.29, 1.82) is 0 Å². The van der Waals surface area contributed by atoms with Gasteiger partial charge in [0, 0.05) is 0 Å². The molecule has 0 aliphatic rings. The van der Waals surface area contributed by atoms with E-state index in [1.54, 1.807) is 20.8 Å². The van der Waals surface area contributed by atoms with Crippen molar-refractivity contribution in [1.82, 2.24) is 0 Å². The number of hydrogen-bond donors (Lipinski definition) is 1. The van der Waals surface area contributed by atoms with Gasteiger partial charge in [-0.3, -0.25) is 0 Å². The summed E-state index contributed by atoms with van der Waals surface area (Å²) >= 11 is 0. The molecular weight excluding hydrogens is 119 g/mol. The van der Waals surface area contributed by atoms with Gasteiger partial charge in [0.1, 0.15) is 0 Å². The van der Waals surface area contributed by atoms with Gasteiger partial charge in [-0.2, -0.15) is 0 Å². The minimum Gasteiger partial charge on any atom is -1.00 e. The molecule has 0 aliphatic carbocycles. The molecule has 0 aromatic rings. The summed E-state index contributed by atoms with van der Waals surface area (Å²) in [6, 6.07) is 0. The maximum atomic E-state index is 8.52. The van der Waals surface area contributed by atoms with Crippen molar-refractivity contribution in [3.05, 3.63) is 0 Å². The van der Waals surface area contributed by atoms with Crippen molar-refractivity contribution in [2.24, 2.45) is 0 Å². The maximum absolute atomic E-state index is 8.52. The molecule has 0 fully saturated rings. The molecule has 0 aromatic heterocycles. The summed E-state index contributed by atoms with van der Waals surface area (Å²) in [4.78, 5) is 0. The van der Waals surface area contributed by atoms with Gasteiger partial charge in [0.2, 0.25) is 0 Å². The summed E-state index contributed by atoms with van der Waals surface area (Å²) in [5, 5.41) is 8.52. The van der Waals surface area contributed by atoms with Gasteiger partial charge in [0.05, 0.1) is 5.60 Å². The summed E-state index contributed by atoms with van der Waals surface area (Å²) in [5.41, 5.74) is -0.500. The van der Waals surface area contributed by atoms with Crippen molar-refractivity contribution >= 4 is 0 Å². The van der Waals surface area contributed by atoms with Crippen molar-refractivity contribution in [2.75, 3.05) is 0 Å². The van der Waals surface area contributed by atoms with E-state index in [1.165, 1.54) is 0 Å². The molecule has 2 nitrogen and oxygen atoms in total. The van der Waals surface area contributed by atoms with E-state index in [2.05, 4.69) is 0 Å². The summed E-state index contributed by atoms with van der Waals surface area (Å²) in [6.45, 7) is 5.23. The average Bonchev–Trinajstić information content (AvgIpc) is 0.722. The van der Waals surface area contributed by atoms with Crippen LogP contribution in [0.3, 0.4) is 0 Å². The van der Waals surface area contributed by atoms with Gasteiger partial charge in [0.25, 0.3) is 0 Å². The molecule has 0 heterocycles. The number of hydrogen-bond acceptors (Lipinski definition) is 1. The van der Waals surface area contributed by atoms with E-state index in [4.69, 9.17) is 5.11 Å². The van der Waals surface area contributed by atoms with Crippen LogP contribution >= 0.6 is 0 Å². The Morgan fingerprint density at radius 2 is 1.29 bits per heavy atom. The largest absolute Gasteiger partial charge is 1.00 e. The van der Waals surface area contributed by atoms with Crippen LogP contribution in [0.1, 0.15) is 22.2 Å². The van der Waals surface area contributed by atoms with Crippen LogP contribution in [-0.2, 0) is 0 Å². The zero-order valence-corrected chi connectivity index (χ0v) is 8.57. The fourth-order valence-electron chi connectivity index (χ4n) is 0. The summed E-state index contributed by atoms with van der Waals surface area (Å²) in [7, 11) is 0. The van der Waals surface area contributed by atoms with Crippen LogP contribution in [0.25, 0.3) is 0 Å². The molecule has 0 bridgehead atoms. The van der Waals surface area contributed by atoms with E-state index in [0.717, 1.165) is 0 Å². The standard InChI is InChI=1S/C4H10O.K.H2O.H/c1-4(2,3)5;;;/h5H,1-3H3;;1H2;/q;+1;;-1. The van der Waals surface area contributed by atoms with E-state index in [-0.39, 0.29) is 58.3 Å². The minimum absolute atomic E-state index is 0. The Hall–Kier alpha value is 1.56. The van der Waals surface area contributed by atoms with E-state index in [1.807, 2.05) is 0 Å². The zero-order chi connectivity index (χ0) is 4.50. The molecule has 0 saturated heterocycles. The van der Waals surface area contributed by atoms with Crippen molar-refractivity contribution in [3.63, 3.8) is 0 Å². The molecular formula is C4H13KO2. The second-order valence-corrected chi connectivity index (χ2v) is 2.17. The molecule has 7 heavy (non-hydrogen) atoms. The molecule has 0 spiro atoms. The maximum Gasteiger partial charge on any atom is 1.00 e. The first-order valence-electron chi connectivity index (χ1n) is 1.72. The summed E-state index contributed by atoms with van der Waals surface area (Å²) in [5.74, 6) is 0. The first kappa shape index (κ1) is 15.8. The second kappa shape index (κ2) is 5.69. The molecule has 0 unspecified atom stereocenters. The Balaban J connectivity index is -0.0000000267. The second-order valence-electron chi connectivity index (χ2n) is 2.17. The predicted molar refractivity (Wildman–Crippen MR) is 26.7 cm³/mol. The average molecular weight is 132 g/mol. The van der Waals surface area contributed by atoms with Crippen LogP contribution in [0.5, 0.6) is 0 Å². The minimum atomic E-state index is -0.500. The number of rotatable bonds is 0. The summed E-state index contributed by atoms with van der Waals surface area (Å²) in [6.07, 6.45) is 0. The van der Waals surface area contributed by atoms with Gasteiger partial charge < -0.3 is 12.0 Å². The molecule has 42 valence electrons. The number of aliphatic hydroxyl groups is 1. The Bertz CT molecular complexity index is 29.5. The van der Waals surface area contributed by atoms with Gasteiger partial charge in [-0.15, -0.1) is 0 Å². The van der Waals surface area contributed by atoms with Crippen LogP contribution in [0.4, 0.5) is 0 Å². The predicted octanol–water partition coefficient (Wildman–Crippen LogP) is -2.93. The van der Waals surface area contributed by atoms with Gasteiger partial charge in [-0.1, -0.05) is 0 Å². The Morgan fingerprint density at radius 1 is 1.29 bits per heavy atom. The van der Waals surface area contributed by atoms with E-state index < -0.39 is 5.60 Å². The van der Waals surface area contributed by atoms with Crippen molar-refractivity contribution in [3.8, 4) is 0 Å². The third-order valence-electron chi connectivity index (χ3n) is 0. The molecule has 0 atom stereocenters. The van der Waals surface area contributed by atoms with Gasteiger partial charge >= 0.3 is 51.4 Å². The molecule has 0 amide bonds. The topological polar surface area (TPSA) is 51.7 Å². The quantitative estimate of drug-likeness (QED) is 0.352. The Kier molecular flexibility index (Phi) is 12.9. The third-order valence-corrected chi connectivity index (χ3v) is 0. The SMILES string of the molecule is CC(C)(C)O.O.[H-].[K+]. The molecule has 0 aliphatic heterocycles. The Morgan fingerprint density at radius 3 is 1.29 bits per heavy atom. The monoisotopic (exact) mass is 132 g/mol. The molecule has 0 aromatic carbocycles. The molecule has 3 heteroatoms. The molecule has 0 rings (SSSR count). The first-order valence-corrected chi connectivity index (χ1v) is 1.72. The van der Waals surface area contributed by atoms with Gasteiger partial charge in [0.15, 0.2) is 0 Å². The first-order chi connectivity index (χ1) is 2.00. The van der Waals surface area contributed by atoms with E-state index in [9.17, 15) is 0 Å². The Labute approximate surface area is 88.5 Å². The van der Waals surface area contributed by atoms with Gasteiger partial charge in [-0.05, 0) is 20.8 Å². The zero-order valence-electron chi connectivity index (χ0n) is 6.45. The van der Waals surface area contributed by atoms with Crippen LogP contribution in [0, 0.1) is 0 Å². The fraction of sp³-hybridized carbons (Fsp3) is 1.00. The van der Waals surface area contributed by atoms with E-state index >= 15 is 0 Å². The van der Waals surface area contributed by atoms with Crippen molar-refractivity contribution < 1.29 is 63.4 Å². The van der Waals surface area contributed by atoms with E-state index in [0.29, 0.717) is 0 Å². The van der Waals surface area contributed by atoms with Gasteiger partial charge in [-0.25, -0.2) is 0 Å². The van der Waals surface area contributed by atoms with Crippen LogP contribution in [-0.4, -0.2) is 16.2 Å². The fourth-order valence-corrected chi connectivity index (χ4v) is 0. The van der Waals surface area contributed by atoms with Crippen molar-refractivity contribution in [2.45, 2.75) is 26.4 Å². The molecule has 3 N–H and O–H groups in total. The van der Waals surface area contributed by atoms with Crippen LogP contribution < -0.4 is 51.4 Å². The van der Waals surface area contributed by atoms with Crippen LogP contribution in [0.2, 0.25) is 0 Å². The molecule has 0 radical (unpaired) electrons.